The standard InChI is InChI=1S/C11H15NO2.C11H20O2.C11H14O2.C11H22O2.2C9H18O2.C8H17NO2.C8H16O2.C7H14O2/c1-3-9(2)14-11(13)12-10-7-5-4-6-8-10;2*1-3-9(2)13-11(12)10-7-5-4-6-8-10;1-4-6-7-8-9-11(12)13-10(3)5-2;1-6-7(2)11-8(10)9(3,4)5;1-4-6-7-9(10)11-8(3)5-2;1-4-6-9-8(10)11-7(3)5-2;1-4-6-8(9)10-7(3)5-2;1-4-6(3)9-7(8)5-2/h4-9H,3H2,1-2H3,(H,12,13);9-10H,3-8H2,1-2H3;4-9H,3H2,1-2H3;10H,4-9H2,1-3H3;7H,6H2,1-5H3;8H,4-7H2,1-3H3;7H,4-6H2,1-3H3,(H,9,10);7H,4-6H2,1-3H3;6H,4-5H2,1-3H3. The van der Waals surface area contributed by atoms with Gasteiger partial charge in [0.1, 0.15) is 12.2 Å². The van der Waals surface area contributed by atoms with Crippen LogP contribution in [-0.2, 0) is 71.4 Å². The second-order valence-electron chi connectivity index (χ2n) is 27.4. The van der Waals surface area contributed by atoms with E-state index in [1.807, 2.05) is 208 Å². The second kappa shape index (κ2) is 74.1. The van der Waals surface area contributed by atoms with Crippen molar-refractivity contribution < 1.29 is 85.8 Å². The molecule has 0 heterocycles. The maximum absolute atomic E-state index is 11.5. The maximum Gasteiger partial charge on any atom is 0.411 e. The fourth-order valence-corrected chi connectivity index (χ4v) is 7.25. The minimum absolute atomic E-state index is 0.00675. The number of para-hydroxylation sites is 1. The Morgan fingerprint density at radius 3 is 1.12 bits per heavy atom. The summed E-state index contributed by atoms with van der Waals surface area (Å²) in [6, 6.07) is 18.3. The van der Waals surface area contributed by atoms with Gasteiger partial charge in [-0.05, 0) is 204 Å². The first-order valence-corrected chi connectivity index (χ1v) is 40.0. The molecule has 2 aromatic rings. The number of amides is 2. The van der Waals surface area contributed by atoms with Gasteiger partial charge in [-0.1, -0.05) is 178 Å². The molecule has 612 valence electrons. The summed E-state index contributed by atoms with van der Waals surface area (Å²) in [6.07, 6.45) is 23.9. The largest absolute Gasteiger partial charge is 0.463 e. The summed E-state index contributed by atoms with van der Waals surface area (Å²) in [5.74, 6) is -0.397. The Bertz CT molecular complexity index is 2390. The fraction of sp³-hybridized carbons (Fsp3) is 0.753. The highest BCUT2D eigenvalue weighted by Crippen LogP contribution is 2.25. The Hall–Kier alpha value is -6.73. The van der Waals surface area contributed by atoms with E-state index in [4.69, 9.17) is 42.6 Å². The third kappa shape index (κ3) is 75.3. The van der Waals surface area contributed by atoms with E-state index in [0.717, 1.165) is 115 Å². The average Bonchev–Trinajstić information content (AvgIpc) is 0.931. The minimum atomic E-state index is -0.398. The van der Waals surface area contributed by atoms with Crippen molar-refractivity contribution in [2.24, 2.45) is 11.3 Å². The first kappa shape index (κ1) is 109. The Kier molecular flexibility index (Phi) is 77.1. The maximum atomic E-state index is 11.5. The fourth-order valence-electron chi connectivity index (χ4n) is 7.25. The summed E-state index contributed by atoms with van der Waals surface area (Å²) in [6.45, 7) is 51.4. The molecular formula is C85H154N2O18. The molecule has 0 spiro atoms. The predicted octanol–water partition coefficient (Wildman–Crippen LogP) is 22.6. The van der Waals surface area contributed by atoms with Crippen LogP contribution in [-0.4, -0.2) is 115 Å². The number of ether oxygens (including phenoxy) is 9. The molecule has 1 aliphatic rings. The van der Waals surface area contributed by atoms with Gasteiger partial charge in [0.25, 0.3) is 0 Å². The van der Waals surface area contributed by atoms with Crippen LogP contribution in [0.5, 0.6) is 0 Å². The molecule has 1 fully saturated rings. The lowest BCUT2D eigenvalue weighted by Crippen LogP contribution is -2.28. The summed E-state index contributed by atoms with van der Waals surface area (Å²) in [5.41, 5.74) is 0.993. The number of unbranched alkanes of at least 4 members (excludes halogenated alkanes) is 4. The van der Waals surface area contributed by atoms with Gasteiger partial charge in [-0.3, -0.25) is 34.1 Å². The topological polar surface area (TPSA) is 261 Å². The number of esters is 7. The van der Waals surface area contributed by atoms with Crippen LogP contribution in [0.3, 0.4) is 0 Å². The number of carbonyl (C=O) groups excluding carboxylic acids is 9. The number of anilines is 1. The molecule has 2 amide bonds. The van der Waals surface area contributed by atoms with E-state index in [1.165, 1.54) is 32.1 Å². The van der Waals surface area contributed by atoms with Crippen LogP contribution in [0.25, 0.3) is 0 Å². The molecule has 0 aliphatic heterocycles. The zero-order valence-electron chi connectivity index (χ0n) is 71.0. The van der Waals surface area contributed by atoms with Crippen molar-refractivity contribution in [2.45, 2.75) is 402 Å². The van der Waals surface area contributed by atoms with E-state index in [2.05, 4.69) is 24.5 Å². The van der Waals surface area contributed by atoms with Crippen molar-refractivity contribution >= 4 is 59.7 Å². The van der Waals surface area contributed by atoms with Gasteiger partial charge in [0.05, 0.1) is 59.6 Å². The van der Waals surface area contributed by atoms with E-state index >= 15 is 0 Å². The predicted molar refractivity (Wildman–Crippen MR) is 427 cm³/mol. The van der Waals surface area contributed by atoms with Crippen LogP contribution >= 0.6 is 0 Å². The average molecular weight is 1490 g/mol. The first-order chi connectivity index (χ1) is 49.6. The van der Waals surface area contributed by atoms with E-state index in [0.29, 0.717) is 37.8 Å². The highest BCUT2D eigenvalue weighted by atomic mass is 16.6. The lowest BCUT2D eigenvalue weighted by Gasteiger charge is -2.21. The molecule has 1 saturated carbocycles. The monoisotopic (exact) mass is 1490 g/mol. The van der Waals surface area contributed by atoms with Crippen LogP contribution in [0.15, 0.2) is 60.7 Å². The third-order valence-corrected chi connectivity index (χ3v) is 15.9. The minimum Gasteiger partial charge on any atom is -0.463 e. The van der Waals surface area contributed by atoms with Gasteiger partial charge < -0.3 is 47.9 Å². The van der Waals surface area contributed by atoms with Crippen LogP contribution < -0.4 is 10.6 Å². The summed E-state index contributed by atoms with van der Waals surface area (Å²) < 4.78 is 45.7. The number of hydrogen-bond donors (Lipinski definition) is 2. The Morgan fingerprint density at radius 2 is 0.733 bits per heavy atom. The summed E-state index contributed by atoms with van der Waals surface area (Å²) >= 11 is 0. The molecule has 0 radical (unpaired) electrons. The third-order valence-electron chi connectivity index (χ3n) is 15.9. The highest BCUT2D eigenvalue weighted by Gasteiger charge is 2.25. The van der Waals surface area contributed by atoms with Crippen molar-refractivity contribution in [2.75, 3.05) is 11.9 Å². The highest BCUT2D eigenvalue weighted by molar-refractivity contribution is 5.89. The van der Waals surface area contributed by atoms with Crippen LogP contribution in [0.2, 0.25) is 0 Å². The van der Waals surface area contributed by atoms with E-state index in [-0.39, 0.29) is 114 Å². The molecule has 20 nitrogen and oxygen atoms in total. The number of nitrogens with one attached hydrogen (secondary N) is 2. The van der Waals surface area contributed by atoms with E-state index in [9.17, 15) is 43.2 Å². The molecule has 0 aromatic heterocycles. The van der Waals surface area contributed by atoms with E-state index < -0.39 is 6.09 Å². The number of carbonyl (C=O) groups is 9. The van der Waals surface area contributed by atoms with Gasteiger partial charge in [0, 0.05) is 37.9 Å². The van der Waals surface area contributed by atoms with Crippen molar-refractivity contribution in [3.63, 3.8) is 0 Å². The molecule has 2 aromatic carbocycles. The molecule has 20 heteroatoms. The molecule has 9 atom stereocenters. The summed E-state index contributed by atoms with van der Waals surface area (Å²) in [7, 11) is 0. The Balaban J connectivity index is -0.000000263. The van der Waals surface area contributed by atoms with Gasteiger partial charge in [0.15, 0.2) is 0 Å². The number of rotatable bonds is 34. The zero-order valence-corrected chi connectivity index (χ0v) is 71.0. The Labute approximate surface area is 639 Å². The van der Waals surface area contributed by atoms with Crippen molar-refractivity contribution in [1.82, 2.24) is 5.32 Å². The molecule has 0 bridgehead atoms. The normalized spacial score (nSPS) is 13.7. The molecule has 2 N–H and O–H groups in total. The van der Waals surface area contributed by atoms with Gasteiger partial charge in [0.2, 0.25) is 0 Å². The lowest BCUT2D eigenvalue weighted by atomic mass is 9.89. The summed E-state index contributed by atoms with van der Waals surface area (Å²) in [5, 5.41) is 5.28. The van der Waals surface area contributed by atoms with Crippen LogP contribution in [0, 0.1) is 11.3 Å². The zero-order chi connectivity index (χ0) is 81.6. The Morgan fingerprint density at radius 1 is 0.371 bits per heavy atom. The quantitative estimate of drug-likeness (QED) is 0.0375. The molecule has 1 aliphatic carbocycles. The SMILES string of the molecule is CCC(=O)OC(C)CC.CCC(C)OC(=O)C(C)(C)C.CCC(C)OC(=O)C1CCCCC1.CCC(C)OC(=O)Nc1ccccc1.CCC(C)OC(=O)c1ccccc1.CCCC(=O)OC(C)CC.CCCCC(=O)OC(C)CC.CCCCCCC(=O)OC(C)CC.CCCNC(=O)OC(C)CC. The van der Waals surface area contributed by atoms with Gasteiger partial charge in [-0.25, -0.2) is 14.4 Å². The first-order valence-electron chi connectivity index (χ1n) is 40.0. The molecule has 3 rings (SSSR count). The number of hydrogen-bond acceptors (Lipinski definition) is 18. The molecule has 105 heavy (non-hydrogen) atoms. The van der Waals surface area contributed by atoms with Gasteiger partial charge >= 0.3 is 54.0 Å². The van der Waals surface area contributed by atoms with Crippen molar-refractivity contribution in [3.05, 3.63) is 66.2 Å². The smallest absolute Gasteiger partial charge is 0.411 e. The van der Waals surface area contributed by atoms with E-state index in [1.54, 1.807) is 19.1 Å². The van der Waals surface area contributed by atoms with Gasteiger partial charge in [-0.15, -0.1) is 0 Å². The van der Waals surface area contributed by atoms with Crippen molar-refractivity contribution in [1.29, 1.82) is 0 Å². The molecular weight excluding hydrogens is 1340 g/mol. The van der Waals surface area contributed by atoms with Crippen LogP contribution in [0.1, 0.15) is 357 Å². The lowest BCUT2D eigenvalue weighted by molar-refractivity contribution is -0.158. The van der Waals surface area contributed by atoms with Gasteiger partial charge in [-0.2, -0.15) is 0 Å². The second-order valence-corrected chi connectivity index (χ2v) is 27.4. The number of benzene rings is 2. The van der Waals surface area contributed by atoms with Crippen LogP contribution in [0.4, 0.5) is 15.3 Å². The number of alkyl carbamates (subject to hydrolysis) is 1. The summed E-state index contributed by atoms with van der Waals surface area (Å²) in [4.78, 5) is 99.7. The van der Waals surface area contributed by atoms with Crippen molar-refractivity contribution in [3.8, 4) is 0 Å². The molecule has 9 unspecified atom stereocenters. The molecule has 0 saturated heterocycles.